The molecule has 9 nitrogen and oxygen atoms in total. The summed E-state index contributed by atoms with van der Waals surface area (Å²) in [5.74, 6) is 1.62. The largest absolute Gasteiger partial charge is 0.497 e. The van der Waals surface area contributed by atoms with Crippen LogP contribution in [-0.4, -0.2) is 67.2 Å². The Balaban J connectivity index is 1.54. The minimum Gasteiger partial charge on any atom is -0.497 e. The van der Waals surface area contributed by atoms with Crippen LogP contribution in [0.4, 0.5) is 10.5 Å². The fraction of sp³-hybridized carbons (Fsp3) is 0.312. The molecule has 0 aliphatic carbocycles. The van der Waals surface area contributed by atoms with Crippen molar-refractivity contribution in [3.05, 3.63) is 84.1 Å². The standard InChI is InChI=1S/C32H38N4O5/c1-22(2)36(32(38)34-28-15-14-25(39-3)18-30(28)41-5)21-31(37)35(20-24-10-6-9-13-29(24)40-4)17-16-23-19-33-27-12-8-7-11-26(23)27/h6-15,18-19,22,33H,16-17,20-21H2,1-5H3,(H,34,38). The summed E-state index contributed by atoms with van der Waals surface area (Å²) in [5.41, 5.74) is 3.57. The van der Waals surface area contributed by atoms with Gasteiger partial charge in [-0.15, -0.1) is 0 Å². The number of aromatic nitrogens is 1. The minimum absolute atomic E-state index is 0.0923. The molecule has 4 aromatic rings. The summed E-state index contributed by atoms with van der Waals surface area (Å²) in [4.78, 5) is 33.9. The van der Waals surface area contributed by atoms with Gasteiger partial charge >= 0.3 is 6.03 Å². The molecule has 0 atom stereocenters. The Labute approximate surface area is 241 Å². The number of urea groups is 1. The number of amides is 3. The molecule has 1 aromatic heterocycles. The number of nitrogens with one attached hydrogen (secondary N) is 2. The Bertz CT molecular complexity index is 1480. The van der Waals surface area contributed by atoms with E-state index >= 15 is 0 Å². The summed E-state index contributed by atoms with van der Waals surface area (Å²) in [7, 11) is 4.71. The number of anilines is 1. The second-order valence-electron chi connectivity index (χ2n) is 9.95. The molecule has 9 heteroatoms. The molecule has 0 radical (unpaired) electrons. The number of benzene rings is 3. The van der Waals surface area contributed by atoms with E-state index in [2.05, 4.69) is 16.4 Å². The fourth-order valence-corrected chi connectivity index (χ4v) is 4.75. The number of H-pyrrole nitrogens is 1. The first-order valence-corrected chi connectivity index (χ1v) is 13.6. The highest BCUT2D eigenvalue weighted by atomic mass is 16.5. The number of rotatable bonds is 12. The topological polar surface area (TPSA) is 96.1 Å². The first-order valence-electron chi connectivity index (χ1n) is 13.6. The first-order chi connectivity index (χ1) is 19.8. The van der Waals surface area contributed by atoms with E-state index in [1.807, 2.05) is 62.5 Å². The monoisotopic (exact) mass is 558 g/mol. The van der Waals surface area contributed by atoms with Crippen molar-refractivity contribution in [2.75, 3.05) is 39.7 Å². The molecular formula is C32H38N4O5. The van der Waals surface area contributed by atoms with Crippen molar-refractivity contribution in [1.82, 2.24) is 14.8 Å². The Kier molecular flexibility index (Phi) is 9.73. The number of para-hydroxylation sites is 2. The van der Waals surface area contributed by atoms with E-state index in [0.29, 0.717) is 42.4 Å². The molecule has 3 amide bonds. The van der Waals surface area contributed by atoms with E-state index in [0.717, 1.165) is 22.0 Å². The molecule has 3 aromatic carbocycles. The zero-order valence-electron chi connectivity index (χ0n) is 24.3. The van der Waals surface area contributed by atoms with Crippen molar-refractivity contribution in [1.29, 1.82) is 0 Å². The van der Waals surface area contributed by atoms with Crippen LogP contribution in [0.1, 0.15) is 25.0 Å². The summed E-state index contributed by atoms with van der Waals surface area (Å²) < 4.78 is 16.2. The van der Waals surface area contributed by atoms with Crippen LogP contribution < -0.4 is 19.5 Å². The molecule has 0 bridgehead atoms. The molecule has 216 valence electrons. The van der Waals surface area contributed by atoms with Gasteiger partial charge in [-0.25, -0.2) is 4.79 Å². The minimum atomic E-state index is -0.398. The van der Waals surface area contributed by atoms with Gasteiger partial charge in [-0.3, -0.25) is 4.79 Å². The highest BCUT2D eigenvalue weighted by Crippen LogP contribution is 2.29. The maximum atomic E-state index is 13.9. The smallest absolute Gasteiger partial charge is 0.322 e. The predicted octanol–water partition coefficient (Wildman–Crippen LogP) is 5.71. The highest BCUT2D eigenvalue weighted by molar-refractivity contribution is 5.94. The van der Waals surface area contributed by atoms with Crippen molar-refractivity contribution < 1.29 is 23.8 Å². The summed E-state index contributed by atoms with van der Waals surface area (Å²) in [6, 6.07) is 20.3. The first kappa shape index (κ1) is 29.3. The molecule has 0 aliphatic rings. The van der Waals surface area contributed by atoms with E-state index in [4.69, 9.17) is 14.2 Å². The number of methoxy groups -OCH3 is 3. The lowest BCUT2D eigenvalue weighted by molar-refractivity contribution is -0.132. The molecular weight excluding hydrogens is 520 g/mol. The Hall–Kier alpha value is -4.66. The fourth-order valence-electron chi connectivity index (χ4n) is 4.75. The van der Waals surface area contributed by atoms with E-state index in [1.165, 1.54) is 12.0 Å². The predicted molar refractivity (Wildman–Crippen MR) is 161 cm³/mol. The third-order valence-corrected chi connectivity index (χ3v) is 7.07. The van der Waals surface area contributed by atoms with E-state index < -0.39 is 6.03 Å². The molecule has 0 saturated heterocycles. The van der Waals surface area contributed by atoms with Gasteiger partial charge in [-0.2, -0.15) is 0 Å². The van der Waals surface area contributed by atoms with Gasteiger partial charge in [0, 0.05) is 47.9 Å². The number of carbonyl (C=O) groups excluding carboxylic acids is 2. The van der Waals surface area contributed by atoms with Crippen molar-refractivity contribution in [2.45, 2.75) is 32.9 Å². The van der Waals surface area contributed by atoms with Crippen LogP contribution in [-0.2, 0) is 17.8 Å². The van der Waals surface area contributed by atoms with Gasteiger partial charge in [-0.1, -0.05) is 36.4 Å². The van der Waals surface area contributed by atoms with Crippen molar-refractivity contribution in [3.8, 4) is 17.2 Å². The van der Waals surface area contributed by atoms with E-state index in [1.54, 1.807) is 37.3 Å². The molecule has 1 heterocycles. The quantitative estimate of drug-likeness (QED) is 0.232. The second-order valence-corrected chi connectivity index (χ2v) is 9.95. The number of carbonyl (C=O) groups is 2. The van der Waals surface area contributed by atoms with Crippen LogP contribution in [0.5, 0.6) is 17.2 Å². The van der Waals surface area contributed by atoms with Crippen molar-refractivity contribution >= 4 is 28.5 Å². The van der Waals surface area contributed by atoms with Gasteiger partial charge in [-0.05, 0) is 50.1 Å². The number of ether oxygens (including phenoxy) is 3. The molecule has 0 saturated carbocycles. The van der Waals surface area contributed by atoms with Crippen molar-refractivity contribution in [2.24, 2.45) is 0 Å². The summed E-state index contributed by atoms with van der Waals surface area (Å²) >= 11 is 0. The molecule has 4 rings (SSSR count). The molecule has 0 aliphatic heterocycles. The van der Waals surface area contributed by atoms with Gasteiger partial charge in [0.15, 0.2) is 0 Å². The average molecular weight is 559 g/mol. The van der Waals surface area contributed by atoms with Crippen LogP contribution in [0.3, 0.4) is 0 Å². The number of hydrogen-bond donors (Lipinski definition) is 2. The maximum Gasteiger partial charge on any atom is 0.322 e. The number of hydrogen-bond acceptors (Lipinski definition) is 5. The highest BCUT2D eigenvalue weighted by Gasteiger charge is 2.25. The van der Waals surface area contributed by atoms with Crippen LogP contribution in [0, 0.1) is 0 Å². The van der Waals surface area contributed by atoms with Crippen LogP contribution in [0.2, 0.25) is 0 Å². The molecule has 41 heavy (non-hydrogen) atoms. The van der Waals surface area contributed by atoms with Gasteiger partial charge < -0.3 is 34.3 Å². The lowest BCUT2D eigenvalue weighted by Crippen LogP contribution is -2.47. The molecule has 0 fully saturated rings. The SMILES string of the molecule is COc1ccc(NC(=O)N(CC(=O)N(CCc2c[nH]c3ccccc23)Cc2ccccc2OC)C(C)C)c(OC)c1. The van der Waals surface area contributed by atoms with Crippen molar-refractivity contribution in [3.63, 3.8) is 0 Å². The lowest BCUT2D eigenvalue weighted by Gasteiger charge is -2.30. The number of fused-ring (bicyclic) bond motifs is 1. The van der Waals surface area contributed by atoms with Crippen LogP contribution in [0.25, 0.3) is 10.9 Å². The molecule has 0 unspecified atom stereocenters. The molecule has 2 N–H and O–H groups in total. The van der Waals surface area contributed by atoms with Gasteiger partial charge in [0.2, 0.25) is 5.91 Å². The second kappa shape index (κ2) is 13.6. The normalized spacial score (nSPS) is 10.9. The Morgan fingerprint density at radius 3 is 2.34 bits per heavy atom. The molecule has 0 spiro atoms. The van der Waals surface area contributed by atoms with E-state index in [-0.39, 0.29) is 18.5 Å². The zero-order chi connectivity index (χ0) is 29.4. The maximum absolute atomic E-state index is 13.9. The lowest BCUT2D eigenvalue weighted by atomic mass is 10.1. The van der Waals surface area contributed by atoms with Crippen LogP contribution >= 0.6 is 0 Å². The average Bonchev–Trinajstić information content (AvgIpc) is 3.41. The Morgan fingerprint density at radius 2 is 1.61 bits per heavy atom. The number of aromatic amines is 1. The third kappa shape index (κ3) is 7.11. The Morgan fingerprint density at radius 1 is 0.878 bits per heavy atom. The summed E-state index contributed by atoms with van der Waals surface area (Å²) in [6.45, 7) is 4.50. The van der Waals surface area contributed by atoms with Crippen LogP contribution in [0.15, 0.2) is 72.9 Å². The number of nitrogens with zero attached hydrogens (tertiary/aromatic N) is 2. The van der Waals surface area contributed by atoms with Gasteiger partial charge in [0.1, 0.15) is 23.8 Å². The van der Waals surface area contributed by atoms with E-state index in [9.17, 15) is 9.59 Å². The van der Waals surface area contributed by atoms with Gasteiger partial charge in [0.05, 0.1) is 27.0 Å². The third-order valence-electron chi connectivity index (χ3n) is 7.07. The zero-order valence-corrected chi connectivity index (χ0v) is 24.3. The summed E-state index contributed by atoms with van der Waals surface area (Å²) in [5, 5.41) is 4.03. The summed E-state index contributed by atoms with van der Waals surface area (Å²) in [6.07, 6.45) is 2.65. The van der Waals surface area contributed by atoms with Gasteiger partial charge in [0.25, 0.3) is 0 Å².